The molecule has 6 heteroatoms. The van der Waals surface area contributed by atoms with Gasteiger partial charge in [-0.2, -0.15) is 0 Å². The first-order valence-electron chi connectivity index (χ1n) is 17.4. The Balaban J connectivity index is 1.16. The van der Waals surface area contributed by atoms with Crippen LogP contribution in [0.15, 0.2) is 162 Å². The van der Waals surface area contributed by atoms with Gasteiger partial charge in [-0.25, -0.2) is 9.97 Å². The van der Waals surface area contributed by atoms with Crippen molar-refractivity contribution in [1.29, 1.82) is 0 Å². The Bertz CT molecular complexity index is 3330. The molecule has 0 aliphatic rings. The molecular weight excluding hydrogens is 657 g/mol. The topological polar surface area (TPSA) is 48.8 Å². The maximum atomic E-state index is 6.48. The fourth-order valence-electron chi connectivity index (χ4n) is 8.39. The maximum Gasteiger partial charge on any atom is 0.162 e. The summed E-state index contributed by atoms with van der Waals surface area (Å²) in [5, 5.41) is 8.13. The number of hydrogen-bond acceptors (Lipinski definition) is 4. The average molecular weight is 683 g/mol. The molecule has 0 saturated heterocycles. The lowest BCUT2D eigenvalue weighted by molar-refractivity contribution is 0.669. The van der Waals surface area contributed by atoms with Crippen molar-refractivity contribution in [1.82, 2.24) is 19.1 Å². The van der Waals surface area contributed by atoms with Crippen molar-refractivity contribution in [2.45, 2.75) is 0 Å². The Labute approximate surface area is 300 Å². The van der Waals surface area contributed by atoms with Gasteiger partial charge in [0.25, 0.3) is 0 Å². The van der Waals surface area contributed by atoms with E-state index in [9.17, 15) is 0 Å². The molecule has 0 atom stereocenters. The van der Waals surface area contributed by atoms with Gasteiger partial charge in [-0.3, -0.25) is 0 Å². The number of nitrogens with zero attached hydrogens (tertiary/aromatic N) is 4. The predicted octanol–water partition coefficient (Wildman–Crippen LogP) is 12.6. The molecule has 52 heavy (non-hydrogen) atoms. The minimum atomic E-state index is 0.679. The largest absolute Gasteiger partial charge is 0.456 e. The van der Waals surface area contributed by atoms with Crippen molar-refractivity contribution in [2.24, 2.45) is 0 Å². The smallest absolute Gasteiger partial charge is 0.162 e. The Morgan fingerprint density at radius 1 is 0.481 bits per heavy atom. The number of aromatic nitrogens is 4. The van der Waals surface area contributed by atoms with E-state index in [0.717, 1.165) is 65.5 Å². The third kappa shape index (κ3) is 3.76. The second-order valence-corrected chi connectivity index (χ2v) is 14.4. The van der Waals surface area contributed by atoms with Gasteiger partial charge in [-0.05, 0) is 60.7 Å². The van der Waals surface area contributed by atoms with Crippen LogP contribution in [0.4, 0.5) is 0 Å². The molecule has 7 aromatic carbocycles. The van der Waals surface area contributed by atoms with E-state index in [1.54, 1.807) is 11.3 Å². The quantitative estimate of drug-likeness (QED) is 0.186. The minimum absolute atomic E-state index is 0.679. The lowest BCUT2D eigenvalue weighted by atomic mass is 10.0. The van der Waals surface area contributed by atoms with Crippen LogP contribution in [-0.4, -0.2) is 19.1 Å². The molecule has 0 unspecified atom stereocenters. The second-order valence-electron chi connectivity index (χ2n) is 13.4. The molecular formula is C46H26N4OS. The zero-order chi connectivity index (χ0) is 33.9. The highest BCUT2D eigenvalue weighted by molar-refractivity contribution is 7.25. The molecule has 0 N–H and O–H groups in total. The summed E-state index contributed by atoms with van der Waals surface area (Å²) in [5.41, 5.74) is 10.4. The number of hydrogen-bond donors (Lipinski definition) is 0. The minimum Gasteiger partial charge on any atom is -0.456 e. The van der Waals surface area contributed by atoms with E-state index in [4.69, 9.17) is 14.4 Å². The van der Waals surface area contributed by atoms with Gasteiger partial charge >= 0.3 is 0 Å². The number of rotatable bonds is 3. The van der Waals surface area contributed by atoms with Crippen molar-refractivity contribution in [3.63, 3.8) is 0 Å². The molecule has 0 radical (unpaired) electrons. The van der Waals surface area contributed by atoms with Crippen LogP contribution in [0.5, 0.6) is 0 Å². The van der Waals surface area contributed by atoms with Crippen molar-refractivity contribution >= 4 is 97.2 Å². The van der Waals surface area contributed by atoms with Crippen LogP contribution in [0.3, 0.4) is 0 Å². The first-order chi connectivity index (χ1) is 25.8. The maximum absolute atomic E-state index is 6.48. The van der Waals surface area contributed by atoms with Crippen LogP contribution < -0.4 is 0 Å². The molecule has 242 valence electrons. The summed E-state index contributed by atoms with van der Waals surface area (Å²) in [5.74, 6) is 0.679. The molecule has 5 heterocycles. The van der Waals surface area contributed by atoms with E-state index in [0.29, 0.717) is 5.82 Å². The van der Waals surface area contributed by atoms with Gasteiger partial charge in [-0.1, -0.05) is 91.0 Å². The third-order valence-electron chi connectivity index (χ3n) is 10.6. The van der Waals surface area contributed by atoms with Gasteiger partial charge < -0.3 is 13.6 Å². The number of furan rings is 1. The molecule has 0 spiro atoms. The van der Waals surface area contributed by atoms with E-state index < -0.39 is 0 Å². The summed E-state index contributed by atoms with van der Waals surface area (Å²) in [6, 6.07) is 53.8. The van der Waals surface area contributed by atoms with Crippen LogP contribution in [-0.2, 0) is 0 Å². The molecule has 5 aromatic heterocycles. The van der Waals surface area contributed by atoms with Crippen molar-refractivity contribution < 1.29 is 4.42 Å². The van der Waals surface area contributed by atoms with Crippen molar-refractivity contribution in [3.8, 4) is 22.8 Å². The highest BCUT2D eigenvalue weighted by Gasteiger charge is 2.23. The molecule has 0 aliphatic carbocycles. The van der Waals surface area contributed by atoms with Gasteiger partial charge in [0, 0.05) is 54.5 Å². The lowest BCUT2D eigenvalue weighted by Crippen LogP contribution is -2.00. The Morgan fingerprint density at radius 2 is 1.06 bits per heavy atom. The van der Waals surface area contributed by atoms with E-state index in [-0.39, 0.29) is 0 Å². The fraction of sp³-hybridized carbons (Fsp3) is 0. The normalized spacial score (nSPS) is 12.2. The van der Waals surface area contributed by atoms with Crippen LogP contribution in [0.2, 0.25) is 0 Å². The predicted molar refractivity (Wildman–Crippen MR) is 216 cm³/mol. The summed E-state index contributed by atoms with van der Waals surface area (Å²) in [4.78, 5) is 10.5. The molecule has 0 bridgehead atoms. The molecule has 12 aromatic rings. The van der Waals surface area contributed by atoms with Crippen LogP contribution in [0.25, 0.3) is 109 Å². The van der Waals surface area contributed by atoms with Gasteiger partial charge in [0.15, 0.2) is 5.82 Å². The molecule has 12 rings (SSSR count). The monoisotopic (exact) mass is 682 g/mol. The number of fused-ring (bicyclic) bond motifs is 12. The Morgan fingerprint density at radius 3 is 1.71 bits per heavy atom. The second kappa shape index (κ2) is 10.4. The van der Waals surface area contributed by atoms with Gasteiger partial charge in [0.2, 0.25) is 0 Å². The number of para-hydroxylation sites is 5. The summed E-state index contributed by atoms with van der Waals surface area (Å²) < 4.78 is 13.5. The molecule has 0 aliphatic heterocycles. The van der Waals surface area contributed by atoms with E-state index in [1.165, 1.54) is 37.3 Å². The Hall–Kier alpha value is -6.76. The lowest BCUT2D eigenvalue weighted by Gasteiger charge is -2.15. The first-order valence-corrected chi connectivity index (χ1v) is 18.2. The molecule has 5 nitrogen and oxygen atoms in total. The summed E-state index contributed by atoms with van der Waals surface area (Å²) in [6.07, 6.45) is 2.00. The molecule has 0 saturated carbocycles. The van der Waals surface area contributed by atoms with E-state index >= 15 is 0 Å². The van der Waals surface area contributed by atoms with E-state index in [1.807, 2.05) is 18.3 Å². The Kier molecular flexibility index (Phi) is 5.59. The summed E-state index contributed by atoms with van der Waals surface area (Å²) >= 11 is 1.74. The molecule has 0 fully saturated rings. The number of thiophene rings is 1. The van der Waals surface area contributed by atoms with Crippen LogP contribution in [0, 0.1) is 0 Å². The zero-order valence-electron chi connectivity index (χ0n) is 27.6. The molecule has 0 amide bonds. The van der Waals surface area contributed by atoms with Gasteiger partial charge in [0.05, 0.1) is 43.4 Å². The first kappa shape index (κ1) is 28.0. The highest BCUT2D eigenvalue weighted by Crippen LogP contribution is 2.44. The highest BCUT2D eigenvalue weighted by atomic mass is 32.1. The van der Waals surface area contributed by atoms with E-state index in [2.05, 4.69) is 149 Å². The SMILES string of the molecule is c1ccc2c(c1)oc1ccc(-c3ncc4sc5ccc(-n6c7ccccc7c7ccccc76)cc5c4n3)c(-n3c4ccccc4c4ccccc43)c12. The number of benzene rings is 7. The zero-order valence-corrected chi connectivity index (χ0v) is 28.4. The fourth-order valence-corrected chi connectivity index (χ4v) is 9.39. The van der Waals surface area contributed by atoms with Crippen LogP contribution >= 0.6 is 11.3 Å². The average Bonchev–Trinajstić information content (AvgIpc) is 3.95. The third-order valence-corrected chi connectivity index (χ3v) is 11.7. The van der Waals surface area contributed by atoms with Gasteiger partial charge in [0.1, 0.15) is 11.2 Å². The van der Waals surface area contributed by atoms with Crippen molar-refractivity contribution in [2.75, 3.05) is 0 Å². The summed E-state index contributed by atoms with van der Waals surface area (Å²) in [7, 11) is 0. The van der Waals surface area contributed by atoms with Crippen LogP contribution in [0.1, 0.15) is 0 Å². The summed E-state index contributed by atoms with van der Waals surface area (Å²) in [6.45, 7) is 0. The van der Waals surface area contributed by atoms with Gasteiger partial charge in [-0.15, -0.1) is 11.3 Å². The standard InChI is InChI=1S/C46H26N4OS/c1-6-16-35-28(11-1)29-12-2-7-17-36(29)49(35)27-21-24-41-34(25-27)44-42(52-41)26-47-46(48-44)33-22-23-40-43(32-15-5-10-20-39(32)51-40)45(33)50-37-18-8-3-13-30(37)31-14-4-9-19-38(31)50/h1-26H. The van der Waals surface area contributed by atoms with Crippen molar-refractivity contribution in [3.05, 3.63) is 158 Å².